The SMILES string of the molecule is CC(CCOc1ccc(F)cc1F)CCS(N)(=O)=O. The van der Waals surface area contributed by atoms with Crippen LogP contribution in [-0.4, -0.2) is 20.8 Å². The molecule has 0 fully saturated rings. The summed E-state index contributed by atoms with van der Waals surface area (Å²) in [6.45, 7) is 2.09. The lowest BCUT2D eigenvalue weighted by Crippen LogP contribution is -2.18. The van der Waals surface area contributed by atoms with Crippen LogP contribution in [0.5, 0.6) is 5.75 Å². The molecular weight excluding hydrogens is 276 g/mol. The van der Waals surface area contributed by atoms with Crippen LogP contribution >= 0.6 is 0 Å². The van der Waals surface area contributed by atoms with Crippen molar-refractivity contribution >= 4 is 10.0 Å². The van der Waals surface area contributed by atoms with Crippen molar-refractivity contribution in [3.05, 3.63) is 29.8 Å². The first-order chi connectivity index (χ1) is 8.78. The number of halogens is 2. The number of benzene rings is 1. The Hall–Kier alpha value is -1.21. The molecule has 1 aromatic carbocycles. The van der Waals surface area contributed by atoms with Crippen LogP contribution in [0.4, 0.5) is 8.78 Å². The summed E-state index contributed by atoms with van der Waals surface area (Å²) in [4.78, 5) is 0. The Kier molecular flexibility index (Phi) is 5.68. The number of rotatable bonds is 7. The maximum atomic E-state index is 13.2. The highest BCUT2D eigenvalue weighted by molar-refractivity contribution is 7.89. The van der Waals surface area contributed by atoms with Gasteiger partial charge in [-0.2, -0.15) is 0 Å². The maximum Gasteiger partial charge on any atom is 0.209 e. The first-order valence-electron chi connectivity index (χ1n) is 5.86. The van der Waals surface area contributed by atoms with E-state index in [0.717, 1.165) is 12.1 Å². The molecule has 0 aliphatic carbocycles. The van der Waals surface area contributed by atoms with Gasteiger partial charge in [-0.1, -0.05) is 6.92 Å². The Morgan fingerprint density at radius 3 is 2.58 bits per heavy atom. The van der Waals surface area contributed by atoms with Gasteiger partial charge >= 0.3 is 0 Å². The van der Waals surface area contributed by atoms with Crippen molar-refractivity contribution in [2.45, 2.75) is 19.8 Å². The molecule has 0 heterocycles. The van der Waals surface area contributed by atoms with Crippen LogP contribution in [0.2, 0.25) is 0 Å². The minimum absolute atomic E-state index is 0.0138. The van der Waals surface area contributed by atoms with Crippen molar-refractivity contribution in [3.63, 3.8) is 0 Å². The molecule has 0 bridgehead atoms. The van der Waals surface area contributed by atoms with E-state index in [2.05, 4.69) is 0 Å². The lowest BCUT2D eigenvalue weighted by atomic mass is 10.1. The Balaban J connectivity index is 2.33. The average Bonchev–Trinajstić information content (AvgIpc) is 2.28. The molecule has 0 aromatic heterocycles. The summed E-state index contributed by atoms with van der Waals surface area (Å²) >= 11 is 0. The molecule has 0 spiro atoms. The van der Waals surface area contributed by atoms with E-state index in [0.29, 0.717) is 12.8 Å². The highest BCUT2D eigenvalue weighted by atomic mass is 32.2. The first kappa shape index (κ1) is 15.8. The molecule has 1 rings (SSSR count). The van der Waals surface area contributed by atoms with Gasteiger partial charge in [-0.3, -0.25) is 0 Å². The van der Waals surface area contributed by atoms with E-state index in [1.54, 1.807) is 0 Å². The first-order valence-corrected chi connectivity index (χ1v) is 7.58. The van der Waals surface area contributed by atoms with E-state index in [-0.39, 0.29) is 24.0 Å². The second-order valence-corrected chi connectivity index (χ2v) is 6.21. The highest BCUT2D eigenvalue weighted by Crippen LogP contribution is 2.18. The Morgan fingerprint density at radius 1 is 1.32 bits per heavy atom. The van der Waals surface area contributed by atoms with Crippen molar-refractivity contribution in [2.24, 2.45) is 11.1 Å². The van der Waals surface area contributed by atoms with Crippen molar-refractivity contribution < 1.29 is 21.9 Å². The fourth-order valence-corrected chi connectivity index (χ4v) is 2.20. The molecule has 108 valence electrons. The summed E-state index contributed by atoms with van der Waals surface area (Å²) in [5.74, 6) is -1.43. The van der Waals surface area contributed by atoms with Crippen molar-refractivity contribution in [3.8, 4) is 5.75 Å². The normalized spacial score (nSPS) is 13.3. The molecule has 4 nitrogen and oxygen atoms in total. The van der Waals surface area contributed by atoms with E-state index in [1.807, 2.05) is 6.92 Å². The predicted octanol–water partition coefficient (Wildman–Crippen LogP) is 2.05. The van der Waals surface area contributed by atoms with Gasteiger partial charge in [0, 0.05) is 6.07 Å². The average molecular weight is 293 g/mol. The summed E-state index contributed by atoms with van der Waals surface area (Å²) < 4.78 is 52.6. The van der Waals surface area contributed by atoms with Crippen LogP contribution < -0.4 is 9.88 Å². The molecule has 0 aliphatic heterocycles. The summed E-state index contributed by atoms with van der Waals surface area (Å²) in [7, 11) is -3.45. The second-order valence-electron chi connectivity index (χ2n) is 4.47. The third kappa shape index (κ3) is 6.49. The van der Waals surface area contributed by atoms with Gasteiger partial charge in [0.2, 0.25) is 10.0 Å². The topological polar surface area (TPSA) is 69.4 Å². The van der Waals surface area contributed by atoms with Gasteiger partial charge < -0.3 is 4.74 Å². The number of primary sulfonamides is 1. The van der Waals surface area contributed by atoms with E-state index >= 15 is 0 Å². The monoisotopic (exact) mass is 293 g/mol. The van der Waals surface area contributed by atoms with E-state index in [9.17, 15) is 17.2 Å². The van der Waals surface area contributed by atoms with Crippen LogP contribution in [0.25, 0.3) is 0 Å². The maximum absolute atomic E-state index is 13.2. The zero-order chi connectivity index (χ0) is 14.5. The second kappa shape index (κ2) is 6.81. The molecule has 1 aromatic rings. The number of hydrogen-bond donors (Lipinski definition) is 1. The summed E-state index contributed by atoms with van der Waals surface area (Å²) in [5, 5.41) is 4.89. The van der Waals surface area contributed by atoms with Gasteiger partial charge in [-0.05, 0) is 30.9 Å². The smallest absolute Gasteiger partial charge is 0.209 e. The van der Waals surface area contributed by atoms with Crippen LogP contribution in [0, 0.1) is 17.6 Å². The number of nitrogens with two attached hydrogens (primary N) is 1. The summed E-state index contributed by atoms with van der Waals surface area (Å²) in [6.07, 6.45) is 0.987. The van der Waals surface area contributed by atoms with Crippen molar-refractivity contribution in [2.75, 3.05) is 12.4 Å². The summed E-state index contributed by atoms with van der Waals surface area (Å²) in [5.41, 5.74) is 0. The molecule has 0 saturated heterocycles. The van der Waals surface area contributed by atoms with Crippen molar-refractivity contribution in [1.82, 2.24) is 0 Å². The van der Waals surface area contributed by atoms with Gasteiger partial charge in [0.1, 0.15) is 5.82 Å². The van der Waals surface area contributed by atoms with E-state index in [4.69, 9.17) is 9.88 Å². The zero-order valence-corrected chi connectivity index (χ0v) is 11.4. The van der Waals surface area contributed by atoms with Gasteiger partial charge in [0.25, 0.3) is 0 Å². The molecule has 2 N–H and O–H groups in total. The summed E-state index contributed by atoms with van der Waals surface area (Å²) in [6, 6.07) is 3.09. The molecule has 0 aliphatic rings. The molecule has 0 amide bonds. The van der Waals surface area contributed by atoms with E-state index in [1.165, 1.54) is 6.07 Å². The third-order valence-electron chi connectivity index (χ3n) is 2.66. The Labute approximate surface area is 111 Å². The van der Waals surface area contributed by atoms with Crippen LogP contribution in [0.3, 0.4) is 0 Å². The Morgan fingerprint density at radius 2 is 2.00 bits per heavy atom. The van der Waals surface area contributed by atoms with Crippen LogP contribution in [0.15, 0.2) is 18.2 Å². The molecule has 0 saturated carbocycles. The largest absolute Gasteiger partial charge is 0.491 e. The number of sulfonamides is 1. The molecule has 1 atom stereocenters. The highest BCUT2D eigenvalue weighted by Gasteiger charge is 2.09. The van der Waals surface area contributed by atoms with E-state index < -0.39 is 21.7 Å². The van der Waals surface area contributed by atoms with Gasteiger partial charge in [-0.25, -0.2) is 22.3 Å². The molecule has 1 unspecified atom stereocenters. The van der Waals surface area contributed by atoms with Gasteiger partial charge in [0.15, 0.2) is 11.6 Å². The number of ether oxygens (including phenoxy) is 1. The lowest BCUT2D eigenvalue weighted by molar-refractivity contribution is 0.269. The fraction of sp³-hybridized carbons (Fsp3) is 0.500. The fourth-order valence-electron chi connectivity index (χ4n) is 1.47. The molecule has 0 radical (unpaired) electrons. The molecular formula is C12H17F2NO3S. The predicted molar refractivity (Wildman–Crippen MR) is 68.2 cm³/mol. The molecule has 19 heavy (non-hydrogen) atoms. The quantitative estimate of drug-likeness (QED) is 0.836. The molecule has 7 heteroatoms. The Bertz CT molecular complexity index is 520. The van der Waals surface area contributed by atoms with Gasteiger partial charge in [-0.15, -0.1) is 0 Å². The third-order valence-corrected chi connectivity index (χ3v) is 3.46. The minimum atomic E-state index is -3.45. The van der Waals surface area contributed by atoms with Crippen LogP contribution in [0.1, 0.15) is 19.8 Å². The minimum Gasteiger partial charge on any atom is -0.491 e. The van der Waals surface area contributed by atoms with Crippen LogP contribution in [-0.2, 0) is 10.0 Å². The van der Waals surface area contributed by atoms with Crippen molar-refractivity contribution in [1.29, 1.82) is 0 Å². The standard InChI is InChI=1S/C12H17F2NO3S/c1-9(5-7-19(15,16)17)4-6-18-12-3-2-10(13)8-11(12)14/h2-3,8-9H,4-7H2,1H3,(H2,15,16,17). The lowest BCUT2D eigenvalue weighted by Gasteiger charge is -2.12. The zero-order valence-electron chi connectivity index (χ0n) is 10.6. The number of hydrogen-bond acceptors (Lipinski definition) is 3. The van der Waals surface area contributed by atoms with Gasteiger partial charge in [0.05, 0.1) is 12.4 Å².